The lowest BCUT2D eigenvalue weighted by molar-refractivity contribution is 0.306. The van der Waals surface area contributed by atoms with E-state index < -0.39 is 0 Å². The first-order valence-corrected chi connectivity index (χ1v) is 9.39. The van der Waals surface area contributed by atoms with E-state index in [1.54, 1.807) is 0 Å². The van der Waals surface area contributed by atoms with Crippen molar-refractivity contribution in [2.75, 3.05) is 18.0 Å². The molecule has 2 aromatic heterocycles. The average Bonchev–Trinajstić information content (AvgIpc) is 3.14. The Kier molecular flexibility index (Phi) is 6.08. The van der Waals surface area contributed by atoms with Crippen molar-refractivity contribution in [1.82, 2.24) is 9.97 Å². The Morgan fingerprint density at radius 2 is 1.78 bits per heavy atom. The number of aromatic nitrogens is 2. The van der Waals surface area contributed by atoms with Gasteiger partial charge >= 0.3 is 0 Å². The second kappa shape index (κ2) is 8.32. The molecule has 1 fully saturated rings. The first-order valence-electron chi connectivity index (χ1n) is 9.01. The molecule has 0 bridgehead atoms. The molecule has 4 nitrogen and oxygen atoms in total. The Bertz CT molecular complexity index is 956. The average molecular weight is 404 g/mol. The lowest BCUT2D eigenvalue weighted by atomic mass is 10.1. The fourth-order valence-electron chi connectivity index (χ4n) is 3.45. The maximum Gasteiger partial charge on any atom is 0.135 e. The number of hydrogen-bond acceptors (Lipinski definition) is 4. The van der Waals surface area contributed by atoms with Crippen molar-refractivity contribution in [3.05, 3.63) is 58.5 Å². The van der Waals surface area contributed by atoms with E-state index >= 15 is 0 Å². The topological polar surface area (TPSA) is 38.2 Å². The lowest BCUT2D eigenvalue weighted by Crippen LogP contribution is -2.18. The van der Waals surface area contributed by atoms with Gasteiger partial charge in [0.1, 0.15) is 17.5 Å². The lowest BCUT2D eigenvalue weighted by Gasteiger charge is -2.20. The standard InChI is InChI=1S/C21H22ClN3O.ClH/c1-14-5-6-16(21(22)24-14)13-26-17-7-8-18-19(12-17)23-15(2)11-20(18)25-9-3-4-10-25;/h5-8,11-12H,3-4,9-10,13H2,1-2H3;1H. The molecule has 1 aliphatic rings. The maximum absolute atomic E-state index is 6.20. The van der Waals surface area contributed by atoms with Gasteiger partial charge in [0.25, 0.3) is 0 Å². The maximum atomic E-state index is 6.20. The van der Waals surface area contributed by atoms with Gasteiger partial charge in [-0.2, -0.15) is 0 Å². The van der Waals surface area contributed by atoms with E-state index in [0.717, 1.165) is 41.3 Å². The Morgan fingerprint density at radius 3 is 2.52 bits per heavy atom. The molecule has 0 aliphatic carbocycles. The van der Waals surface area contributed by atoms with Crippen molar-refractivity contribution >= 4 is 40.6 Å². The Labute approximate surface area is 170 Å². The molecule has 0 spiro atoms. The van der Waals surface area contributed by atoms with E-state index in [4.69, 9.17) is 21.3 Å². The number of benzene rings is 1. The fraction of sp³-hybridized carbons (Fsp3) is 0.333. The molecule has 27 heavy (non-hydrogen) atoms. The second-order valence-electron chi connectivity index (χ2n) is 6.85. The Hall–Kier alpha value is -2.04. The van der Waals surface area contributed by atoms with Gasteiger partial charge in [-0.05, 0) is 51.0 Å². The van der Waals surface area contributed by atoms with Gasteiger partial charge in [0, 0.05) is 47.2 Å². The monoisotopic (exact) mass is 403 g/mol. The van der Waals surface area contributed by atoms with E-state index in [1.165, 1.54) is 23.9 Å². The van der Waals surface area contributed by atoms with Crippen LogP contribution in [0.4, 0.5) is 5.69 Å². The van der Waals surface area contributed by atoms with Gasteiger partial charge in [0.2, 0.25) is 0 Å². The minimum atomic E-state index is 0. The molecular formula is C21H23Cl2N3O. The largest absolute Gasteiger partial charge is 0.489 e. The fourth-order valence-corrected chi connectivity index (χ4v) is 3.70. The zero-order valence-corrected chi connectivity index (χ0v) is 17.1. The van der Waals surface area contributed by atoms with Gasteiger partial charge in [-0.25, -0.2) is 4.98 Å². The summed E-state index contributed by atoms with van der Waals surface area (Å²) in [5.74, 6) is 0.791. The highest BCUT2D eigenvalue weighted by atomic mass is 35.5. The number of halogens is 2. The Morgan fingerprint density at radius 1 is 1.00 bits per heavy atom. The molecule has 3 aromatic rings. The summed E-state index contributed by atoms with van der Waals surface area (Å²) >= 11 is 6.20. The van der Waals surface area contributed by atoms with Gasteiger partial charge in [-0.3, -0.25) is 4.98 Å². The van der Waals surface area contributed by atoms with Crippen molar-refractivity contribution < 1.29 is 4.74 Å². The van der Waals surface area contributed by atoms with Crippen LogP contribution in [0.1, 0.15) is 29.8 Å². The van der Waals surface area contributed by atoms with Crippen molar-refractivity contribution in [2.24, 2.45) is 0 Å². The molecular weight excluding hydrogens is 381 g/mol. The molecule has 0 N–H and O–H groups in total. The van der Waals surface area contributed by atoms with E-state index in [9.17, 15) is 0 Å². The normalized spacial score (nSPS) is 13.7. The highest BCUT2D eigenvalue weighted by Gasteiger charge is 2.16. The van der Waals surface area contributed by atoms with Crippen LogP contribution < -0.4 is 9.64 Å². The molecule has 1 aromatic carbocycles. The summed E-state index contributed by atoms with van der Waals surface area (Å²) in [7, 11) is 0. The van der Waals surface area contributed by atoms with Crippen LogP contribution in [0, 0.1) is 13.8 Å². The molecule has 0 radical (unpaired) electrons. The van der Waals surface area contributed by atoms with Gasteiger partial charge in [-0.1, -0.05) is 17.7 Å². The minimum Gasteiger partial charge on any atom is -0.489 e. The second-order valence-corrected chi connectivity index (χ2v) is 7.21. The highest BCUT2D eigenvalue weighted by Crippen LogP contribution is 2.31. The third-order valence-electron chi connectivity index (χ3n) is 4.79. The number of rotatable bonds is 4. The first kappa shape index (κ1) is 19.7. The summed E-state index contributed by atoms with van der Waals surface area (Å²) in [5, 5.41) is 1.68. The van der Waals surface area contributed by atoms with Crippen LogP contribution in [0.2, 0.25) is 5.15 Å². The minimum absolute atomic E-state index is 0. The smallest absolute Gasteiger partial charge is 0.135 e. The molecule has 1 aliphatic heterocycles. The number of ether oxygens (including phenoxy) is 1. The third-order valence-corrected chi connectivity index (χ3v) is 5.12. The summed E-state index contributed by atoms with van der Waals surface area (Å²) in [6.07, 6.45) is 2.52. The summed E-state index contributed by atoms with van der Waals surface area (Å²) in [5.41, 5.74) is 5.06. The highest BCUT2D eigenvalue weighted by molar-refractivity contribution is 6.30. The van der Waals surface area contributed by atoms with Crippen LogP contribution in [0.25, 0.3) is 10.9 Å². The summed E-state index contributed by atoms with van der Waals surface area (Å²) in [6.45, 7) is 6.60. The van der Waals surface area contributed by atoms with Crippen LogP contribution in [0.3, 0.4) is 0 Å². The van der Waals surface area contributed by atoms with E-state index in [2.05, 4.69) is 22.0 Å². The molecule has 142 valence electrons. The van der Waals surface area contributed by atoms with Gasteiger partial charge < -0.3 is 9.64 Å². The molecule has 3 heterocycles. The van der Waals surface area contributed by atoms with E-state index in [0.29, 0.717) is 11.8 Å². The zero-order chi connectivity index (χ0) is 18.1. The number of nitrogens with zero attached hydrogens (tertiary/aromatic N) is 3. The van der Waals surface area contributed by atoms with Crippen LogP contribution in [0.15, 0.2) is 36.4 Å². The quantitative estimate of drug-likeness (QED) is 0.538. The van der Waals surface area contributed by atoms with Gasteiger partial charge in [0.05, 0.1) is 5.52 Å². The number of fused-ring (bicyclic) bond motifs is 1. The van der Waals surface area contributed by atoms with Gasteiger partial charge in [0.15, 0.2) is 0 Å². The number of pyridine rings is 2. The van der Waals surface area contributed by atoms with Crippen LogP contribution in [0.5, 0.6) is 5.75 Å². The van der Waals surface area contributed by atoms with Crippen molar-refractivity contribution in [3.63, 3.8) is 0 Å². The van der Waals surface area contributed by atoms with Crippen molar-refractivity contribution in [2.45, 2.75) is 33.3 Å². The predicted octanol–water partition coefficient (Wildman–Crippen LogP) is 5.50. The summed E-state index contributed by atoms with van der Waals surface area (Å²) in [4.78, 5) is 11.4. The third kappa shape index (κ3) is 4.28. The number of hydrogen-bond donors (Lipinski definition) is 0. The van der Waals surface area contributed by atoms with Crippen molar-refractivity contribution in [3.8, 4) is 5.75 Å². The first-order chi connectivity index (χ1) is 12.6. The van der Waals surface area contributed by atoms with Crippen LogP contribution >= 0.6 is 24.0 Å². The van der Waals surface area contributed by atoms with Crippen LogP contribution in [-0.2, 0) is 6.61 Å². The van der Waals surface area contributed by atoms with E-state index in [1.807, 2.05) is 38.1 Å². The van der Waals surface area contributed by atoms with Gasteiger partial charge in [-0.15, -0.1) is 12.4 Å². The van der Waals surface area contributed by atoms with Crippen LogP contribution in [-0.4, -0.2) is 23.1 Å². The van der Waals surface area contributed by atoms with Crippen molar-refractivity contribution in [1.29, 1.82) is 0 Å². The molecule has 6 heteroatoms. The van der Waals surface area contributed by atoms with E-state index in [-0.39, 0.29) is 12.4 Å². The number of aryl methyl sites for hydroxylation is 2. The molecule has 0 unspecified atom stereocenters. The molecule has 4 rings (SSSR count). The zero-order valence-electron chi connectivity index (χ0n) is 15.5. The molecule has 0 atom stereocenters. The molecule has 0 amide bonds. The molecule has 0 saturated carbocycles. The summed E-state index contributed by atoms with van der Waals surface area (Å²) in [6, 6.07) is 12.2. The SMILES string of the molecule is Cc1ccc(COc2ccc3c(N4CCCC4)cc(C)nc3c2)c(Cl)n1.Cl. The Balaban J connectivity index is 0.00000210. The summed E-state index contributed by atoms with van der Waals surface area (Å²) < 4.78 is 5.95. The molecule has 1 saturated heterocycles. The number of anilines is 1. The predicted molar refractivity (Wildman–Crippen MR) is 113 cm³/mol.